The molecule has 1 amide bonds. The normalized spacial score (nSPS) is 12.9. The monoisotopic (exact) mass is 380 g/mol. The van der Waals surface area contributed by atoms with E-state index in [2.05, 4.69) is 34.9 Å². The Morgan fingerprint density at radius 2 is 2.00 bits per heavy atom. The third-order valence-corrected chi connectivity index (χ3v) is 5.11. The number of nitrogens with one attached hydrogen (secondary N) is 2. The minimum absolute atomic E-state index is 0. The molecule has 134 valence electrons. The van der Waals surface area contributed by atoms with Crippen LogP contribution in [-0.4, -0.2) is 18.2 Å². The Kier molecular flexibility index (Phi) is 7.29. The molecule has 1 heterocycles. The highest BCUT2D eigenvalue weighted by molar-refractivity contribution is 7.99. The van der Waals surface area contributed by atoms with Crippen molar-refractivity contribution in [3.8, 4) is 0 Å². The van der Waals surface area contributed by atoms with E-state index in [1.807, 2.05) is 13.0 Å². The molecule has 0 fully saturated rings. The van der Waals surface area contributed by atoms with Crippen LogP contribution in [0.2, 0.25) is 0 Å². The highest BCUT2D eigenvalue weighted by Gasteiger charge is 2.17. The average molecular weight is 381 g/mol. The van der Waals surface area contributed by atoms with Gasteiger partial charge < -0.3 is 10.6 Å². The number of hydrogen-bond acceptors (Lipinski definition) is 3. The number of halogens is 2. The zero-order valence-electron chi connectivity index (χ0n) is 14.1. The van der Waals surface area contributed by atoms with Crippen LogP contribution >= 0.6 is 24.2 Å². The molecule has 0 aromatic heterocycles. The van der Waals surface area contributed by atoms with Gasteiger partial charge in [-0.25, -0.2) is 4.39 Å². The van der Waals surface area contributed by atoms with E-state index >= 15 is 0 Å². The van der Waals surface area contributed by atoms with Crippen molar-refractivity contribution in [2.75, 3.05) is 17.6 Å². The SMILES string of the molecule is Cc1ccc(CSCC(=O)Nc2ccc3c(c2F)CCNC3)cc1.Cl. The zero-order valence-corrected chi connectivity index (χ0v) is 15.7. The number of rotatable bonds is 5. The topological polar surface area (TPSA) is 41.1 Å². The van der Waals surface area contributed by atoms with Crippen LogP contribution in [0.4, 0.5) is 10.1 Å². The lowest BCUT2D eigenvalue weighted by Crippen LogP contribution is -2.25. The van der Waals surface area contributed by atoms with Gasteiger partial charge in [-0.3, -0.25) is 4.79 Å². The summed E-state index contributed by atoms with van der Waals surface area (Å²) in [5.41, 5.74) is 4.39. The fourth-order valence-corrected chi connectivity index (χ4v) is 3.55. The summed E-state index contributed by atoms with van der Waals surface area (Å²) in [5.74, 6) is 0.628. The zero-order chi connectivity index (χ0) is 16.9. The standard InChI is InChI=1S/C19H21FN2OS.ClH/c1-13-2-4-14(5-3-13)11-24-12-18(23)22-17-7-6-15-10-21-9-8-16(15)19(17)20;/h2-7,21H,8-12H2,1H3,(H,22,23);1H. The van der Waals surface area contributed by atoms with E-state index in [9.17, 15) is 9.18 Å². The molecular formula is C19H22ClFN2OS. The van der Waals surface area contributed by atoms with Crippen molar-refractivity contribution in [3.05, 3.63) is 64.5 Å². The van der Waals surface area contributed by atoms with Crippen molar-refractivity contribution < 1.29 is 9.18 Å². The Morgan fingerprint density at radius 3 is 2.76 bits per heavy atom. The lowest BCUT2D eigenvalue weighted by atomic mass is 9.99. The van der Waals surface area contributed by atoms with Crippen molar-refractivity contribution in [2.24, 2.45) is 0 Å². The first-order chi connectivity index (χ1) is 11.6. The van der Waals surface area contributed by atoms with E-state index in [0.29, 0.717) is 18.7 Å². The van der Waals surface area contributed by atoms with Crippen LogP contribution in [0.1, 0.15) is 22.3 Å². The Hall–Kier alpha value is -1.56. The predicted molar refractivity (Wildman–Crippen MR) is 105 cm³/mol. The third kappa shape index (κ3) is 5.21. The van der Waals surface area contributed by atoms with Gasteiger partial charge in [0, 0.05) is 12.3 Å². The fraction of sp³-hybridized carbons (Fsp3) is 0.316. The lowest BCUT2D eigenvalue weighted by molar-refractivity contribution is -0.113. The van der Waals surface area contributed by atoms with E-state index in [4.69, 9.17) is 0 Å². The Labute approximate surface area is 158 Å². The van der Waals surface area contributed by atoms with Crippen LogP contribution in [0, 0.1) is 12.7 Å². The van der Waals surface area contributed by atoms with E-state index < -0.39 is 0 Å². The fourth-order valence-electron chi connectivity index (χ4n) is 2.76. The summed E-state index contributed by atoms with van der Waals surface area (Å²) in [7, 11) is 0. The van der Waals surface area contributed by atoms with Crippen molar-refractivity contribution in [1.82, 2.24) is 5.32 Å². The Morgan fingerprint density at radius 1 is 1.24 bits per heavy atom. The number of carbonyl (C=O) groups excluding carboxylic acids is 1. The third-order valence-electron chi connectivity index (χ3n) is 4.10. The number of fused-ring (bicyclic) bond motifs is 1. The Balaban J connectivity index is 0.00000225. The van der Waals surface area contributed by atoms with Gasteiger partial charge in [0.25, 0.3) is 0 Å². The van der Waals surface area contributed by atoms with E-state index in [1.165, 1.54) is 22.9 Å². The number of carbonyl (C=O) groups is 1. The summed E-state index contributed by atoms with van der Waals surface area (Å²) < 4.78 is 14.5. The molecule has 0 saturated heterocycles. The van der Waals surface area contributed by atoms with Gasteiger partial charge in [-0.2, -0.15) is 0 Å². The molecule has 2 aromatic carbocycles. The first-order valence-electron chi connectivity index (χ1n) is 8.07. The summed E-state index contributed by atoms with van der Waals surface area (Å²) in [4.78, 5) is 12.1. The van der Waals surface area contributed by atoms with Gasteiger partial charge in [0.1, 0.15) is 5.82 Å². The van der Waals surface area contributed by atoms with Crippen LogP contribution in [0.3, 0.4) is 0 Å². The predicted octanol–water partition coefficient (Wildman–Crippen LogP) is 4.07. The average Bonchev–Trinajstić information content (AvgIpc) is 2.59. The van der Waals surface area contributed by atoms with Gasteiger partial charge in [-0.05, 0) is 42.6 Å². The number of anilines is 1. The maximum Gasteiger partial charge on any atom is 0.234 e. The molecule has 2 aromatic rings. The van der Waals surface area contributed by atoms with Crippen LogP contribution in [0.5, 0.6) is 0 Å². The molecule has 1 aliphatic rings. The second-order valence-corrected chi connectivity index (χ2v) is 7.00. The van der Waals surface area contributed by atoms with Gasteiger partial charge in [-0.15, -0.1) is 24.2 Å². The molecular weight excluding hydrogens is 359 g/mol. The quantitative estimate of drug-likeness (QED) is 0.821. The Bertz CT molecular complexity index is 737. The first kappa shape index (κ1) is 19.8. The summed E-state index contributed by atoms with van der Waals surface area (Å²) >= 11 is 1.53. The highest BCUT2D eigenvalue weighted by atomic mass is 35.5. The number of aryl methyl sites for hydroxylation is 1. The minimum atomic E-state index is -0.286. The largest absolute Gasteiger partial charge is 0.323 e. The number of benzene rings is 2. The van der Waals surface area contributed by atoms with E-state index in [1.54, 1.807) is 6.07 Å². The van der Waals surface area contributed by atoms with Crippen LogP contribution in [-0.2, 0) is 23.5 Å². The van der Waals surface area contributed by atoms with Gasteiger partial charge in [0.05, 0.1) is 11.4 Å². The van der Waals surface area contributed by atoms with Gasteiger partial charge in [0.15, 0.2) is 0 Å². The maximum absolute atomic E-state index is 14.5. The van der Waals surface area contributed by atoms with Crippen molar-refractivity contribution in [3.63, 3.8) is 0 Å². The number of thioether (sulfide) groups is 1. The second kappa shape index (κ2) is 9.22. The van der Waals surface area contributed by atoms with Crippen LogP contribution < -0.4 is 10.6 Å². The number of amides is 1. The molecule has 0 aliphatic carbocycles. The van der Waals surface area contributed by atoms with Crippen LogP contribution in [0.25, 0.3) is 0 Å². The van der Waals surface area contributed by atoms with Crippen molar-refractivity contribution >= 4 is 35.8 Å². The van der Waals surface area contributed by atoms with Gasteiger partial charge >= 0.3 is 0 Å². The summed E-state index contributed by atoms with van der Waals surface area (Å²) in [6, 6.07) is 11.8. The molecule has 6 heteroatoms. The number of hydrogen-bond donors (Lipinski definition) is 2. The van der Waals surface area contributed by atoms with E-state index in [-0.39, 0.29) is 29.8 Å². The molecule has 0 atom stereocenters. The molecule has 3 nitrogen and oxygen atoms in total. The smallest absolute Gasteiger partial charge is 0.234 e. The van der Waals surface area contributed by atoms with Gasteiger partial charge in [-0.1, -0.05) is 35.9 Å². The molecule has 1 aliphatic heterocycles. The molecule has 0 bridgehead atoms. The van der Waals surface area contributed by atoms with Crippen LogP contribution in [0.15, 0.2) is 36.4 Å². The van der Waals surface area contributed by atoms with Crippen molar-refractivity contribution in [1.29, 1.82) is 0 Å². The highest BCUT2D eigenvalue weighted by Crippen LogP contribution is 2.24. The molecule has 0 radical (unpaired) electrons. The van der Waals surface area contributed by atoms with Gasteiger partial charge in [0.2, 0.25) is 5.91 Å². The summed E-state index contributed by atoms with van der Waals surface area (Å²) in [5, 5.41) is 5.92. The molecule has 3 rings (SSSR count). The molecule has 0 unspecified atom stereocenters. The van der Waals surface area contributed by atoms with Crippen molar-refractivity contribution in [2.45, 2.75) is 25.6 Å². The lowest BCUT2D eigenvalue weighted by Gasteiger charge is -2.19. The molecule has 25 heavy (non-hydrogen) atoms. The summed E-state index contributed by atoms with van der Waals surface area (Å²) in [6.45, 7) is 3.51. The van der Waals surface area contributed by atoms with E-state index in [0.717, 1.165) is 23.4 Å². The molecule has 2 N–H and O–H groups in total. The molecule has 0 saturated carbocycles. The maximum atomic E-state index is 14.5. The minimum Gasteiger partial charge on any atom is -0.323 e. The summed E-state index contributed by atoms with van der Waals surface area (Å²) in [6.07, 6.45) is 0.660. The second-order valence-electron chi connectivity index (χ2n) is 6.02. The molecule has 0 spiro atoms. The first-order valence-corrected chi connectivity index (χ1v) is 9.23.